The van der Waals surface area contributed by atoms with Crippen molar-refractivity contribution in [1.82, 2.24) is 5.32 Å². The number of aliphatic hydroxyl groups is 1. The first-order chi connectivity index (χ1) is 10.6. The number of carbonyl (C=O) groups excluding carboxylic acids is 1. The van der Waals surface area contributed by atoms with E-state index in [9.17, 15) is 9.90 Å². The Labute approximate surface area is 130 Å². The van der Waals surface area contributed by atoms with E-state index in [-0.39, 0.29) is 5.91 Å². The van der Waals surface area contributed by atoms with E-state index in [0.29, 0.717) is 18.0 Å². The molecule has 0 heterocycles. The van der Waals surface area contributed by atoms with Crippen molar-refractivity contribution in [3.63, 3.8) is 0 Å². The summed E-state index contributed by atoms with van der Waals surface area (Å²) in [6.45, 7) is 0.308. The molecule has 120 valence electrons. The van der Waals surface area contributed by atoms with Gasteiger partial charge in [0.05, 0.1) is 19.8 Å². The summed E-state index contributed by atoms with van der Waals surface area (Å²) in [7, 11) is 3.15. The summed E-state index contributed by atoms with van der Waals surface area (Å²) in [4.78, 5) is 11.8. The Morgan fingerprint density at radius 3 is 2.59 bits per heavy atom. The number of benzene rings is 1. The molecule has 1 aromatic carbocycles. The Hall–Kier alpha value is -2.01. The van der Waals surface area contributed by atoms with Gasteiger partial charge in [0, 0.05) is 12.6 Å². The quantitative estimate of drug-likeness (QED) is 0.790. The lowest BCUT2D eigenvalue weighted by atomic mass is 10.0. The predicted molar refractivity (Wildman–Crippen MR) is 85.0 cm³/mol. The van der Waals surface area contributed by atoms with Crippen LogP contribution in [-0.2, 0) is 4.79 Å². The van der Waals surface area contributed by atoms with Crippen LogP contribution in [0.3, 0.4) is 0 Å². The second-order valence-electron chi connectivity index (χ2n) is 5.60. The maximum atomic E-state index is 11.8. The fourth-order valence-corrected chi connectivity index (χ4v) is 2.65. The smallest absolute Gasteiger partial charge is 0.244 e. The van der Waals surface area contributed by atoms with Gasteiger partial charge in [-0.05, 0) is 36.6 Å². The van der Waals surface area contributed by atoms with E-state index in [2.05, 4.69) is 5.32 Å². The highest BCUT2D eigenvalue weighted by molar-refractivity contribution is 5.91. The zero-order chi connectivity index (χ0) is 16.0. The van der Waals surface area contributed by atoms with Gasteiger partial charge in [-0.1, -0.05) is 18.9 Å². The minimum atomic E-state index is -0.729. The maximum Gasteiger partial charge on any atom is 0.244 e. The number of carbonyl (C=O) groups is 1. The van der Waals surface area contributed by atoms with Gasteiger partial charge in [-0.3, -0.25) is 4.79 Å². The molecule has 0 aromatic heterocycles. The molecule has 22 heavy (non-hydrogen) atoms. The molecule has 1 aliphatic rings. The molecule has 1 aromatic rings. The standard InChI is InChI=1S/C17H23NO4/c1-21-14-7-5-13(11-15(14)22-2)6-8-16(19)18-12-17(20)9-3-4-10-17/h5-8,11,20H,3-4,9-10,12H2,1-2H3,(H,18,19). The molecular weight excluding hydrogens is 282 g/mol. The van der Waals surface area contributed by atoms with E-state index in [1.54, 1.807) is 32.4 Å². The van der Waals surface area contributed by atoms with E-state index in [1.807, 2.05) is 6.07 Å². The summed E-state index contributed by atoms with van der Waals surface area (Å²) in [5.74, 6) is 1.05. The lowest BCUT2D eigenvalue weighted by Gasteiger charge is -2.21. The number of amides is 1. The van der Waals surface area contributed by atoms with Crippen LogP contribution in [-0.4, -0.2) is 37.4 Å². The molecule has 1 amide bonds. The molecule has 0 unspecified atom stereocenters. The van der Waals surface area contributed by atoms with Crippen LogP contribution in [0.4, 0.5) is 0 Å². The molecule has 1 fully saturated rings. The van der Waals surface area contributed by atoms with Crippen molar-refractivity contribution in [2.75, 3.05) is 20.8 Å². The lowest BCUT2D eigenvalue weighted by molar-refractivity contribution is -0.117. The van der Waals surface area contributed by atoms with Gasteiger partial charge in [0.1, 0.15) is 0 Å². The Morgan fingerprint density at radius 1 is 1.27 bits per heavy atom. The third-order valence-electron chi connectivity index (χ3n) is 3.96. The van der Waals surface area contributed by atoms with Gasteiger partial charge in [-0.2, -0.15) is 0 Å². The fraction of sp³-hybridized carbons (Fsp3) is 0.471. The van der Waals surface area contributed by atoms with E-state index in [4.69, 9.17) is 9.47 Å². The number of nitrogens with one attached hydrogen (secondary N) is 1. The average Bonchev–Trinajstić information content (AvgIpc) is 2.97. The minimum Gasteiger partial charge on any atom is -0.493 e. The van der Waals surface area contributed by atoms with Gasteiger partial charge >= 0.3 is 0 Å². The zero-order valence-electron chi connectivity index (χ0n) is 13.1. The third kappa shape index (κ3) is 4.24. The van der Waals surface area contributed by atoms with Crippen molar-refractivity contribution in [2.24, 2.45) is 0 Å². The monoisotopic (exact) mass is 305 g/mol. The van der Waals surface area contributed by atoms with Crippen LogP contribution in [0.1, 0.15) is 31.2 Å². The topological polar surface area (TPSA) is 67.8 Å². The van der Waals surface area contributed by atoms with Crippen molar-refractivity contribution in [3.05, 3.63) is 29.8 Å². The van der Waals surface area contributed by atoms with E-state index >= 15 is 0 Å². The molecule has 5 nitrogen and oxygen atoms in total. The van der Waals surface area contributed by atoms with Gasteiger partial charge < -0.3 is 19.9 Å². The number of hydrogen-bond acceptors (Lipinski definition) is 4. The van der Waals surface area contributed by atoms with Crippen molar-refractivity contribution < 1.29 is 19.4 Å². The van der Waals surface area contributed by atoms with Crippen LogP contribution in [0.25, 0.3) is 6.08 Å². The number of rotatable bonds is 6. The zero-order valence-corrected chi connectivity index (χ0v) is 13.1. The van der Waals surface area contributed by atoms with Crippen LogP contribution in [0.2, 0.25) is 0 Å². The summed E-state index contributed by atoms with van der Waals surface area (Å²) >= 11 is 0. The van der Waals surface area contributed by atoms with E-state index in [0.717, 1.165) is 31.2 Å². The van der Waals surface area contributed by atoms with Crippen molar-refractivity contribution in [3.8, 4) is 11.5 Å². The molecule has 0 aliphatic heterocycles. The van der Waals surface area contributed by atoms with Gasteiger partial charge in [-0.15, -0.1) is 0 Å². The van der Waals surface area contributed by atoms with Crippen LogP contribution in [0.5, 0.6) is 11.5 Å². The van der Waals surface area contributed by atoms with Gasteiger partial charge in [0.15, 0.2) is 11.5 Å². The van der Waals surface area contributed by atoms with E-state index in [1.165, 1.54) is 6.08 Å². The molecule has 1 aliphatic carbocycles. The Morgan fingerprint density at radius 2 is 1.95 bits per heavy atom. The van der Waals surface area contributed by atoms with E-state index < -0.39 is 5.60 Å². The largest absolute Gasteiger partial charge is 0.493 e. The highest BCUT2D eigenvalue weighted by Gasteiger charge is 2.30. The summed E-state index contributed by atoms with van der Waals surface area (Å²) in [6.07, 6.45) is 6.72. The molecular formula is C17H23NO4. The van der Waals surface area contributed by atoms with Gasteiger partial charge in [0.25, 0.3) is 0 Å². The maximum absolute atomic E-state index is 11.8. The summed E-state index contributed by atoms with van der Waals surface area (Å²) < 4.78 is 10.4. The first-order valence-corrected chi connectivity index (χ1v) is 7.47. The van der Waals surface area contributed by atoms with Crippen molar-refractivity contribution in [2.45, 2.75) is 31.3 Å². The first kappa shape index (κ1) is 16.4. The number of methoxy groups -OCH3 is 2. The normalized spacial score (nSPS) is 16.7. The highest BCUT2D eigenvalue weighted by atomic mass is 16.5. The predicted octanol–water partition coefficient (Wildman–Crippen LogP) is 2.14. The van der Waals surface area contributed by atoms with Crippen LogP contribution in [0.15, 0.2) is 24.3 Å². The Bertz CT molecular complexity index is 548. The van der Waals surface area contributed by atoms with Crippen LogP contribution < -0.4 is 14.8 Å². The van der Waals surface area contributed by atoms with Crippen LogP contribution in [0, 0.1) is 0 Å². The summed E-state index contributed by atoms with van der Waals surface area (Å²) in [6, 6.07) is 5.43. The first-order valence-electron chi connectivity index (χ1n) is 7.47. The number of hydrogen-bond donors (Lipinski definition) is 2. The fourth-order valence-electron chi connectivity index (χ4n) is 2.65. The highest BCUT2D eigenvalue weighted by Crippen LogP contribution is 2.29. The second kappa shape index (κ2) is 7.31. The lowest BCUT2D eigenvalue weighted by Crippen LogP contribution is -2.40. The number of ether oxygens (including phenoxy) is 2. The third-order valence-corrected chi connectivity index (χ3v) is 3.96. The molecule has 0 atom stereocenters. The molecule has 0 spiro atoms. The van der Waals surface area contributed by atoms with Crippen LogP contribution >= 0.6 is 0 Å². The Balaban J connectivity index is 1.92. The van der Waals surface area contributed by atoms with Crippen molar-refractivity contribution in [1.29, 1.82) is 0 Å². The summed E-state index contributed by atoms with van der Waals surface area (Å²) in [5, 5.41) is 12.9. The molecule has 0 radical (unpaired) electrons. The average molecular weight is 305 g/mol. The van der Waals surface area contributed by atoms with Crippen molar-refractivity contribution >= 4 is 12.0 Å². The Kier molecular flexibility index (Phi) is 5.44. The minimum absolute atomic E-state index is 0.213. The molecule has 2 N–H and O–H groups in total. The van der Waals surface area contributed by atoms with Gasteiger partial charge in [0.2, 0.25) is 5.91 Å². The molecule has 0 bridgehead atoms. The molecule has 2 rings (SSSR count). The second-order valence-corrected chi connectivity index (χ2v) is 5.60. The molecule has 1 saturated carbocycles. The summed E-state index contributed by atoms with van der Waals surface area (Å²) in [5.41, 5.74) is 0.111. The van der Waals surface area contributed by atoms with Gasteiger partial charge in [-0.25, -0.2) is 0 Å². The molecule has 0 saturated heterocycles. The SMILES string of the molecule is COc1ccc(C=CC(=O)NCC2(O)CCCC2)cc1OC. The molecule has 5 heteroatoms.